The van der Waals surface area contributed by atoms with Gasteiger partial charge in [0.2, 0.25) is 0 Å². The van der Waals surface area contributed by atoms with E-state index >= 15 is 0 Å². The van der Waals surface area contributed by atoms with Gasteiger partial charge in [-0.15, -0.1) is 5.10 Å². The van der Waals surface area contributed by atoms with Gasteiger partial charge < -0.3 is 10.2 Å². The van der Waals surface area contributed by atoms with Gasteiger partial charge in [-0.25, -0.2) is 9.89 Å². The zero-order valence-electron chi connectivity index (χ0n) is 11.7. The maximum absolute atomic E-state index is 11.6. The first-order valence-electron chi connectivity index (χ1n) is 7.20. The first-order valence-corrected chi connectivity index (χ1v) is 7.20. The van der Waals surface area contributed by atoms with E-state index in [0.29, 0.717) is 11.7 Å². The van der Waals surface area contributed by atoms with Crippen LogP contribution in [0.2, 0.25) is 0 Å². The molecule has 0 saturated carbocycles. The fraction of sp³-hybridized carbons (Fsp3) is 0.615. The number of aromatic nitrogens is 4. The molecule has 0 aliphatic carbocycles. The smallest absolute Gasteiger partial charge is 0.354 e. The maximum atomic E-state index is 11.6. The quantitative estimate of drug-likeness (QED) is 0.826. The summed E-state index contributed by atoms with van der Waals surface area (Å²) in [6, 6.07) is 4.27. The van der Waals surface area contributed by atoms with Crippen LogP contribution in [0.25, 0.3) is 5.65 Å². The molecule has 2 aromatic rings. The number of fused-ring (bicyclic) bond motifs is 1. The van der Waals surface area contributed by atoms with Crippen molar-refractivity contribution in [3.8, 4) is 0 Å². The predicted molar refractivity (Wildman–Crippen MR) is 77.1 cm³/mol. The molecule has 1 aliphatic rings. The van der Waals surface area contributed by atoms with Gasteiger partial charge >= 0.3 is 5.69 Å². The second-order valence-corrected chi connectivity index (χ2v) is 5.23. The molecule has 3 heterocycles. The third-order valence-corrected chi connectivity index (χ3v) is 3.68. The van der Waals surface area contributed by atoms with Crippen molar-refractivity contribution in [2.45, 2.75) is 32.2 Å². The van der Waals surface area contributed by atoms with E-state index in [-0.39, 0.29) is 5.69 Å². The Morgan fingerprint density at radius 2 is 2.40 bits per heavy atom. The minimum absolute atomic E-state index is 0.294. The van der Waals surface area contributed by atoms with Crippen LogP contribution in [0.1, 0.15) is 26.2 Å². The van der Waals surface area contributed by atoms with Crippen molar-refractivity contribution in [1.82, 2.24) is 25.1 Å². The summed E-state index contributed by atoms with van der Waals surface area (Å²) in [4.78, 5) is 13.8. The fourth-order valence-corrected chi connectivity index (χ4v) is 2.71. The highest BCUT2D eigenvalue weighted by atomic mass is 16.2. The molecule has 0 bridgehead atoms. The standard InChI is InChI=1S/C13H20N6O/c1-2-8-18(9-10-4-3-7-14-10)12-6-5-11-15-16-13(20)19(11)17-12/h5-6,10,14H,2-4,7-9H2,1H3,(H,16,20). The van der Waals surface area contributed by atoms with Crippen molar-refractivity contribution in [1.29, 1.82) is 0 Å². The number of aromatic amines is 1. The van der Waals surface area contributed by atoms with Crippen molar-refractivity contribution in [3.05, 3.63) is 22.6 Å². The van der Waals surface area contributed by atoms with E-state index in [1.54, 1.807) is 0 Å². The lowest BCUT2D eigenvalue weighted by atomic mass is 10.2. The Balaban J connectivity index is 1.87. The van der Waals surface area contributed by atoms with Crippen LogP contribution < -0.4 is 15.9 Å². The monoisotopic (exact) mass is 276 g/mol. The minimum atomic E-state index is -0.294. The van der Waals surface area contributed by atoms with E-state index in [2.05, 4.69) is 32.4 Å². The van der Waals surface area contributed by atoms with Gasteiger partial charge in [-0.2, -0.15) is 9.61 Å². The molecule has 20 heavy (non-hydrogen) atoms. The van der Waals surface area contributed by atoms with Gasteiger partial charge in [-0.1, -0.05) is 6.92 Å². The van der Waals surface area contributed by atoms with Gasteiger partial charge in [0.25, 0.3) is 0 Å². The Morgan fingerprint density at radius 1 is 1.50 bits per heavy atom. The Kier molecular flexibility index (Phi) is 3.68. The topological polar surface area (TPSA) is 78.3 Å². The summed E-state index contributed by atoms with van der Waals surface area (Å²) in [5, 5.41) is 14.2. The van der Waals surface area contributed by atoms with Crippen molar-refractivity contribution in [2.24, 2.45) is 0 Å². The number of nitrogens with one attached hydrogen (secondary N) is 2. The second kappa shape index (κ2) is 5.62. The third-order valence-electron chi connectivity index (χ3n) is 3.68. The van der Waals surface area contributed by atoms with Gasteiger partial charge in [0.15, 0.2) is 5.65 Å². The molecule has 7 nitrogen and oxygen atoms in total. The Bertz CT molecular complexity index is 627. The minimum Gasteiger partial charge on any atom is -0.354 e. The molecule has 0 radical (unpaired) electrons. The molecule has 2 N–H and O–H groups in total. The van der Waals surface area contributed by atoms with Gasteiger partial charge in [0, 0.05) is 19.1 Å². The lowest BCUT2D eigenvalue weighted by Gasteiger charge is -2.26. The van der Waals surface area contributed by atoms with Crippen LogP contribution >= 0.6 is 0 Å². The van der Waals surface area contributed by atoms with Gasteiger partial charge in [0.05, 0.1) is 0 Å². The first-order chi connectivity index (χ1) is 9.78. The zero-order valence-corrected chi connectivity index (χ0v) is 11.7. The molecule has 108 valence electrons. The van der Waals surface area contributed by atoms with Crippen LogP contribution in [0.3, 0.4) is 0 Å². The van der Waals surface area contributed by atoms with Crippen molar-refractivity contribution >= 4 is 11.5 Å². The van der Waals surface area contributed by atoms with E-state index in [1.807, 2.05) is 12.1 Å². The third kappa shape index (κ3) is 2.53. The van der Waals surface area contributed by atoms with Crippen molar-refractivity contribution < 1.29 is 0 Å². The molecule has 0 amide bonds. The van der Waals surface area contributed by atoms with Crippen LogP contribution in [-0.4, -0.2) is 45.5 Å². The maximum Gasteiger partial charge on any atom is 0.364 e. The highest BCUT2D eigenvalue weighted by Gasteiger charge is 2.19. The van der Waals surface area contributed by atoms with E-state index in [4.69, 9.17) is 0 Å². The largest absolute Gasteiger partial charge is 0.364 e. The van der Waals surface area contributed by atoms with Crippen LogP contribution in [0.15, 0.2) is 16.9 Å². The molecule has 0 spiro atoms. The second-order valence-electron chi connectivity index (χ2n) is 5.23. The van der Waals surface area contributed by atoms with E-state index in [1.165, 1.54) is 17.4 Å². The normalized spacial score (nSPS) is 18.8. The SMILES string of the molecule is CCCN(CC1CCCN1)c1ccc2n[nH]c(=O)n2n1. The molecule has 1 atom stereocenters. The highest BCUT2D eigenvalue weighted by molar-refractivity contribution is 5.45. The molecule has 1 fully saturated rings. The molecule has 1 unspecified atom stereocenters. The highest BCUT2D eigenvalue weighted by Crippen LogP contribution is 2.14. The van der Waals surface area contributed by atoms with E-state index < -0.39 is 0 Å². The average Bonchev–Trinajstić information content (AvgIpc) is 3.09. The Labute approximate surface area is 117 Å². The number of anilines is 1. The molecule has 2 aromatic heterocycles. The molecule has 3 rings (SSSR count). The van der Waals surface area contributed by atoms with Crippen LogP contribution in [-0.2, 0) is 0 Å². The van der Waals surface area contributed by atoms with Gasteiger partial charge in [-0.3, -0.25) is 0 Å². The van der Waals surface area contributed by atoms with Gasteiger partial charge in [0.1, 0.15) is 5.82 Å². The van der Waals surface area contributed by atoms with Gasteiger partial charge in [-0.05, 0) is 37.9 Å². The summed E-state index contributed by atoms with van der Waals surface area (Å²) >= 11 is 0. The molecule has 1 aliphatic heterocycles. The van der Waals surface area contributed by atoms with Crippen molar-refractivity contribution in [3.63, 3.8) is 0 Å². The van der Waals surface area contributed by atoms with Crippen LogP contribution in [0.5, 0.6) is 0 Å². The number of nitrogens with zero attached hydrogens (tertiary/aromatic N) is 4. The summed E-state index contributed by atoms with van der Waals surface area (Å²) in [5.41, 5.74) is 0.256. The molecular weight excluding hydrogens is 256 g/mol. The van der Waals surface area contributed by atoms with Crippen LogP contribution in [0.4, 0.5) is 5.82 Å². The van der Waals surface area contributed by atoms with E-state index in [0.717, 1.165) is 31.9 Å². The fourth-order valence-electron chi connectivity index (χ4n) is 2.71. The number of hydrogen-bond donors (Lipinski definition) is 2. The first kappa shape index (κ1) is 13.1. The lowest BCUT2D eigenvalue weighted by molar-refractivity contribution is 0.572. The Hall–Kier alpha value is -1.89. The van der Waals surface area contributed by atoms with Crippen molar-refractivity contribution in [2.75, 3.05) is 24.5 Å². The summed E-state index contributed by atoms with van der Waals surface area (Å²) in [5.74, 6) is 0.830. The summed E-state index contributed by atoms with van der Waals surface area (Å²) in [6.07, 6.45) is 3.49. The zero-order chi connectivity index (χ0) is 13.9. The number of rotatable bonds is 5. The lowest BCUT2D eigenvalue weighted by Crippen LogP contribution is -2.38. The Morgan fingerprint density at radius 3 is 3.15 bits per heavy atom. The summed E-state index contributed by atoms with van der Waals surface area (Å²) < 4.78 is 1.32. The molecule has 0 aromatic carbocycles. The number of H-pyrrole nitrogens is 1. The average molecular weight is 276 g/mol. The molecule has 1 saturated heterocycles. The molecular formula is C13H20N6O. The van der Waals surface area contributed by atoms with E-state index in [9.17, 15) is 4.79 Å². The summed E-state index contributed by atoms with van der Waals surface area (Å²) in [7, 11) is 0. The number of hydrogen-bond acceptors (Lipinski definition) is 5. The molecule has 7 heteroatoms. The predicted octanol–water partition coefficient (Wildman–Crippen LogP) is 0.386. The summed E-state index contributed by atoms with van der Waals surface area (Å²) in [6.45, 7) is 5.11. The van der Waals surface area contributed by atoms with Crippen LogP contribution in [0, 0.1) is 0 Å².